The highest BCUT2D eigenvalue weighted by molar-refractivity contribution is 6.46. The van der Waals surface area contributed by atoms with E-state index in [-0.39, 0.29) is 16.9 Å². The second kappa shape index (κ2) is 9.82. The summed E-state index contributed by atoms with van der Waals surface area (Å²) in [6.07, 6.45) is 0.639. The van der Waals surface area contributed by atoms with Gasteiger partial charge in [-0.3, -0.25) is 9.59 Å². The molecule has 1 fully saturated rings. The minimum Gasteiger partial charge on any atom is -0.507 e. The number of benzene rings is 2. The maximum Gasteiger partial charge on any atom is 0.295 e. The van der Waals surface area contributed by atoms with Crippen LogP contribution in [0.4, 0.5) is 4.39 Å². The summed E-state index contributed by atoms with van der Waals surface area (Å²) in [5.74, 6) is -1.35. The number of hydrogen-bond acceptors (Lipinski definition) is 6. The van der Waals surface area contributed by atoms with Gasteiger partial charge in [-0.05, 0) is 69.0 Å². The molecule has 1 atom stereocenters. The maximum atomic E-state index is 13.4. The molecular formula is C24H27FN2O5. The smallest absolute Gasteiger partial charge is 0.295 e. The summed E-state index contributed by atoms with van der Waals surface area (Å²) in [7, 11) is 6.86. The van der Waals surface area contributed by atoms with Gasteiger partial charge in [0.05, 0.1) is 25.8 Å². The van der Waals surface area contributed by atoms with Crippen LogP contribution in [0.5, 0.6) is 11.5 Å². The predicted molar refractivity (Wildman–Crippen MR) is 118 cm³/mol. The molecule has 7 nitrogen and oxygen atoms in total. The minimum absolute atomic E-state index is 0.0429. The lowest BCUT2D eigenvalue weighted by atomic mass is 9.95. The average molecular weight is 442 g/mol. The van der Waals surface area contributed by atoms with E-state index in [2.05, 4.69) is 0 Å². The Morgan fingerprint density at radius 1 is 1.06 bits per heavy atom. The van der Waals surface area contributed by atoms with E-state index in [1.807, 2.05) is 19.0 Å². The van der Waals surface area contributed by atoms with Crippen LogP contribution in [-0.2, 0) is 9.59 Å². The predicted octanol–water partition coefficient (Wildman–Crippen LogP) is 3.22. The quantitative estimate of drug-likeness (QED) is 0.384. The third-order valence-electron chi connectivity index (χ3n) is 5.39. The van der Waals surface area contributed by atoms with E-state index >= 15 is 0 Å². The summed E-state index contributed by atoms with van der Waals surface area (Å²) >= 11 is 0. The fourth-order valence-electron chi connectivity index (χ4n) is 3.80. The number of likely N-dealkylation sites (tertiary alicyclic amines) is 1. The van der Waals surface area contributed by atoms with Crippen molar-refractivity contribution < 1.29 is 28.6 Å². The second-order valence-electron chi connectivity index (χ2n) is 7.77. The van der Waals surface area contributed by atoms with Gasteiger partial charge in [-0.2, -0.15) is 0 Å². The van der Waals surface area contributed by atoms with E-state index < -0.39 is 23.5 Å². The lowest BCUT2D eigenvalue weighted by Gasteiger charge is -2.26. The Kier molecular flexibility index (Phi) is 7.15. The number of Topliss-reactive ketones (excluding diaryl/α,β-unsaturated/α-hetero) is 1. The molecule has 0 saturated carbocycles. The molecule has 0 spiro atoms. The Bertz CT molecular complexity index is 1030. The van der Waals surface area contributed by atoms with E-state index in [9.17, 15) is 19.1 Å². The zero-order valence-corrected chi connectivity index (χ0v) is 18.6. The number of hydrogen-bond donors (Lipinski definition) is 1. The molecule has 8 heteroatoms. The van der Waals surface area contributed by atoms with Crippen LogP contribution in [0, 0.1) is 5.82 Å². The van der Waals surface area contributed by atoms with E-state index in [1.165, 1.54) is 43.4 Å². The van der Waals surface area contributed by atoms with Crippen molar-refractivity contribution in [3.05, 3.63) is 65.0 Å². The molecule has 1 amide bonds. The fraction of sp³-hybridized carbons (Fsp3) is 0.333. The van der Waals surface area contributed by atoms with Crippen LogP contribution in [0.1, 0.15) is 23.6 Å². The lowest BCUT2D eigenvalue weighted by Crippen LogP contribution is -2.32. The first-order chi connectivity index (χ1) is 15.3. The molecule has 170 valence electrons. The Morgan fingerprint density at radius 3 is 2.31 bits per heavy atom. The number of halogens is 1. The molecule has 2 aromatic rings. The van der Waals surface area contributed by atoms with E-state index in [0.717, 1.165) is 6.54 Å². The van der Waals surface area contributed by atoms with Gasteiger partial charge in [-0.1, -0.05) is 6.07 Å². The van der Waals surface area contributed by atoms with Crippen LogP contribution in [-0.4, -0.2) is 68.0 Å². The summed E-state index contributed by atoms with van der Waals surface area (Å²) in [4.78, 5) is 29.4. The van der Waals surface area contributed by atoms with Crippen molar-refractivity contribution in [1.29, 1.82) is 0 Å². The highest BCUT2D eigenvalue weighted by atomic mass is 19.1. The molecule has 0 bridgehead atoms. The summed E-state index contributed by atoms with van der Waals surface area (Å²) in [6, 6.07) is 9.40. The van der Waals surface area contributed by atoms with Crippen molar-refractivity contribution in [2.45, 2.75) is 12.5 Å². The topological polar surface area (TPSA) is 79.3 Å². The molecule has 0 aromatic heterocycles. The van der Waals surface area contributed by atoms with Crippen molar-refractivity contribution in [2.24, 2.45) is 0 Å². The molecule has 2 aromatic carbocycles. The Hall–Kier alpha value is -3.39. The van der Waals surface area contributed by atoms with Gasteiger partial charge in [0.25, 0.3) is 11.7 Å². The molecule has 3 rings (SSSR count). The number of amides is 1. The number of aliphatic hydroxyl groups excluding tert-OH is 1. The van der Waals surface area contributed by atoms with E-state index in [0.29, 0.717) is 30.0 Å². The molecule has 1 aliphatic rings. The second-order valence-corrected chi connectivity index (χ2v) is 7.77. The van der Waals surface area contributed by atoms with Crippen LogP contribution in [0.15, 0.2) is 48.0 Å². The van der Waals surface area contributed by atoms with Gasteiger partial charge in [0.15, 0.2) is 11.5 Å². The number of carbonyl (C=O) groups excluding carboxylic acids is 2. The molecule has 0 aliphatic carbocycles. The molecular weight excluding hydrogens is 415 g/mol. The third-order valence-corrected chi connectivity index (χ3v) is 5.39. The number of methoxy groups -OCH3 is 2. The summed E-state index contributed by atoms with van der Waals surface area (Å²) in [5.41, 5.74) is 0.803. The first-order valence-electron chi connectivity index (χ1n) is 10.2. The molecule has 1 saturated heterocycles. The van der Waals surface area contributed by atoms with Gasteiger partial charge in [0.2, 0.25) is 0 Å². The standard InChI is InChI=1S/C24H27FN2O5/c1-26(2)12-5-13-27-21(16-8-11-18(31-3)19(14-16)32-4)20(23(29)24(27)30)22(28)15-6-9-17(25)10-7-15/h6-11,14,21,28H,5,12-13H2,1-4H3/t21-/m1/s1. The van der Waals surface area contributed by atoms with Gasteiger partial charge in [-0.25, -0.2) is 4.39 Å². The van der Waals surface area contributed by atoms with Crippen LogP contribution in [0.25, 0.3) is 5.76 Å². The Balaban J connectivity index is 2.13. The summed E-state index contributed by atoms with van der Waals surface area (Å²) < 4.78 is 24.1. The van der Waals surface area contributed by atoms with Crippen LogP contribution >= 0.6 is 0 Å². The van der Waals surface area contributed by atoms with Gasteiger partial charge in [0, 0.05) is 12.1 Å². The largest absolute Gasteiger partial charge is 0.507 e. The minimum atomic E-state index is -0.818. The van der Waals surface area contributed by atoms with Gasteiger partial charge in [-0.15, -0.1) is 0 Å². The Labute approximate surface area is 186 Å². The van der Waals surface area contributed by atoms with Gasteiger partial charge in [0.1, 0.15) is 11.6 Å². The van der Waals surface area contributed by atoms with Crippen LogP contribution in [0.3, 0.4) is 0 Å². The van der Waals surface area contributed by atoms with Gasteiger partial charge < -0.3 is 24.4 Å². The highest BCUT2D eigenvalue weighted by Crippen LogP contribution is 2.42. The number of aliphatic hydroxyl groups is 1. The number of nitrogens with zero attached hydrogens (tertiary/aromatic N) is 2. The number of ether oxygens (including phenoxy) is 2. The van der Waals surface area contributed by atoms with Crippen molar-refractivity contribution in [3.63, 3.8) is 0 Å². The number of rotatable bonds is 8. The monoisotopic (exact) mass is 442 g/mol. The van der Waals surface area contributed by atoms with Crippen LogP contribution < -0.4 is 9.47 Å². The summed E-state index contributed by atoms with van der Waals surface area (Å²) in [5, 5.41) is 11.0. The first kappa shape index (κ1) is 23.3. The fourth-order valence-corrected chi connectivity index (χ4v) is 3.80. The normalized spacial score (nSPS) is 17.8. The zero-order valence-electron chi connectivity index (χ0n) is 18.6. The highest BCUT2D eigenvalue weighted by Gasteiger charge is 2.46. The van der Waals surface area contributed by atoms with Gasteiger partial charge >= 0.3 is 0 Å². The SMILES string of the molecule is COc1ccc([C@@H]2C(=C(O)c3ccc(F)cc3)C(=O)C(=O)N2CCCN(C)C)cc1OC. The van der Waals surface area contributed by atoms with Crippen LogP contribution in [0.2, 0.25) is 0 Å². The summed E-state index contributed by atoms with van der Waals surface area (Å²) in [6.45, 7) is 1.04. The van der Waals surface area contributed by atoms with Crippen molar-refractivity contribution >= 4 is 17.4 Å². The molecule has 32 heavy (non-hydrogen) atoms. The molecule has 1 aliphatic heterocycles. The number of carbonyl (C=O) groups is 2. The van der Waals surface area contributed by atoms with Crippen molar-refractivity contribution in [1.82, 2.24) is 9.80 Å². The number of ketones is 1. The van der Waals surface area contributed by atoms with E-state index in [4.69, 9.17) is 9.47 Å². The average Bonchev–Trinajstić information content (AvgIpc) is 3.03. The molecule has 0 radical (unpaired) electrons. The Morgan fingerprint density at radius 2 is 1.72 bits per heavy atom. The molecule has 0 unspecified atom stereocenters. The first-order valence-corrected chi connectivity index (χ1v) is 10.2. The van der Waals surface area contributed by atoms with E-state index in [1.54, 1.807) is 18.2 Å². The third kappa shape index (κ3) is 4.60. The maximum absolute atomic E-state index is 13.4. The van der Waals surface area contributed by atoms with Crippen molar-refractivity contribution in [2.75, 3.05) is 41.4 Å². The molecule has 1 N–H and O–H groups in total. The molecule has 1 heterocycles. The van der Waals surface area contributed by atoms with Crippen molar-refractivity contribution in [3.8, 4) is 11.5 Å². The lowest BCUT2D eigenvalue weighted by molar-refractivity contribution is -0.139. The zero-order chi connectivity index (χ0) is 23.4.